The van der Waals surface area contributed by atoms with Crippen LogP contribution in [0.25, 0.3) is 0 Å². The van der Waals surface area contributed by atoms with Crippen LogP contribution in [0.5, 0.6) is 17.2 Å². The molecule has 0 fully saturated rings. The Kier molecular flexibility index (Phi) is 5.12. The Morgan fingerprint density at radius 1 is 1.14 bits per heavy atom. The summed E-state index contributed by atoms with van der Waals surface area (Å²) >= 11 is 0. The minimum Gasteiger partial charge on any atom is -0.507 e. The maximum Gasteiger partial charge on any atom is 0.174 e. The highest BCUT2D eigenvalue weighted by Gasteiger charge is 2.37. The van der Waals surface area contributed by atoms with E-state index in [1.54, 1.807) is 0 Å². The Hall–Kier alpha value is -2.75. The predicted molar refractivity (Wildman–Crippen MR) is 113 cm³/mol. The van der Waals surface area contributed by atoms with E-state index in [-0.39, 0.29) is 40.9 Å². The van der Waals surface area contributed by atoms with Crippen molar-refractivity contribution in [2.45, 2.75) is 52.1 Å². The lowest BCUT2D eigenvalue weighted by molar-refractivity contribution is 0.0844. The molecule has 29 heavy (non-hydrogen) atoms. The second kappa shape index (κ2) is 7.58. The van der Waals surface area contributed by atoms with Crippen LogP contribution in [0.1, 0.15) is 73.5 Å². The van der Waals surface area contributed by atoms with Crippen molar-refractivity contribution in [2.75, 3.05) is 0 Å². The first kappa shape index (κ1) is 19.6. The quantitative estimate of drug-likeness (QED) is 0.638. The van der Waals surface area contributed by atoms with E-state index in [2.05, 4.69) is 26.8 Å². The van der Waals surface area contributed by atoms with Crippen LogP contribution in [-0.2, 0) is 0 Å². The Labute approximate surface area is 171 Å². The van der Waals surface area contributed by atoms with Crippen molar-refractivity contribution in [3.05, 3.63) is 64.7 Å². The van der Waals surface area contributed by atoms with Crippen molar-refractivity contribution in [1.29, 1.82) is 0 Å². The molecule has 4 rings (SSSR count). The molecule has 0 aromatic heterocycles. The number of allylic oxidation sites excluding steroid dienone is 2. The van der Waals surface area contributed by atoms with E-state index in [9.17, 15) is 15.0 Å². The largest absolute Gasteiger partial charge is 0.507 e. The van der Waals surface area contributed by atoms with Gasteiger partial charge in [0.05, 0.1) is 6.42 Å². The number of ether oxygens (including phenoxy) is 1. The topological polar surface area (TPSA) is 66.8 Å². The molecule has 1 heterocycles. The maximum absolute atomic E-state index is 13.0. The third-order valence-corrected chi connectivity index (χ3v) is 6.36. The Morgan fingerprint density at radius 2 is 1.86 bits per heavy atom. The summed E-state index contributed by atoms with van der Waals surface area (Å²) in [6.07, 6.45) is 3.91. The molecule has 0 bridgehead atoms. The number of hydrogen-bond donors (Lipinski definition) is 2. The minimum absolute atomic E-state index is 0.00985. The molecule has 0 radical (unpaired) electrons. The van der Waals surface area contributed by atoms with Crippen molar-refractivity contribution in [2.24, 2.45) is 11.8 Å². The van der Waals surface area contributed by atoms with Gasteiger partial charge in [0.15, 0.2) is 5.78 Å². The van der Waals surface area contributed by atoms with E-state index in [0.29, 0.717) is 17.4 Å². The number of benzene rings is 2. The van der Waals surface area contributed by atoms with Crippen LogP contribution in [0.2, 0.25) is 0 Å². The zero-order valence-corrected chi connectivity index (χ0v) is 17.2. The Bertz CT molecular complexity index is 959. The molecule has 4 heteroatoms. The molecular weight excluding hydrogens is 364 g/mol. The number of ketones is 1. The number of carbonyl (C=O) groups is 1. The molecule has 2 aliphatic rings. The van der Waals surface area contributed by atoms with Crippen molar-refractivity contribution in [1.82, 2.24) is 0 Å². The standard InChI is InChI=1S/C25H28O4/c1-14(2)17-10-9-15(3)11-18(17)23-19(26)13-22-24(25(23)28)20(27)12-21(29-22)16-7-5-4-6-8-16/h4-8,11,13-14,17-18,21,26,28H,9-10,12H2,1-3H3/t17-,18+,21-/m0/s1. The van der Waals surface area contributed by atoms with Crippen molar-refractivity contribution in [3.63, 3.8) is 0 Å². The molecule has 0 spiro atoms. The zero-order valence-electron chi connectivity index (χ0n) is 17.2. The van der Waals surface area contributed by atoms with Crippen LogP contribution in [0.4, 0.5) is 0 Å². The van der Waals surface area contributed by atoms with E-state index in [1.807, 2.05) is 30.3 Å². The molecule has 2 aromatic rings. The lowest BCUT2D eigenvalue weighted by Crippen LogP contribution is -2.24. The molecule has 3 atom stereocenters. The summed E-state index contributed by atoms with van der Waals surface area (Å²) < 4.78 is 6.03. The summed E-state index contributed by atoms with van der Waals surface area (Å²) in [5, 5.41) is 21.9. The summed E-state index contributed by atoms with van der Waals surface area (Å²) in [5.41, 5.74) is 2.80. The fourth-order valence-corrected chi connectivity index (χ4v) is 4.79. The predicted octanol–water partition coefficient (Wildman–Crippen LogP) is 5.90. The van der Waals surface area contributed by atoms with E-state index in [1.165, 1.54) is 11.6 Å². The van der Waals surface area contributed by atoms with Gasteiger partial charge in [-0.15, -0.1) is 0 Å². The SMILES string of the molecule is CC1=C[C@@H](c2c(O)cc3c(c2O)C(=O)C[C@@H](c2ccccc2)O3)[C@H](C(C)C)CC1. The van der Waals surface area contributed by atoms with Crippen molar-refractivity contribution in [3.8, 4) is 17.2 Å². The van der Waals surface area contributed by atoms with Gasteiger partial charge < -0.3 is 14.9 Å². The number of phenolic OH excluding ortho intramolecular Hbond substituents is 2. The number of rotatable bonds is 3. The van der Waals surface area contributed by atoms with Crippen molar-refractivity contribution >= 4 is 5.78 Å². The molecule has 0 saturated heterocycles. The number of aromatic hydroxyl groups is 2. The van der Waals surface area contributed by atoms with Gasteiger partial charge in [0, 0.05) is 17.5 Å². The van der Waals surface area contributed by atoms with Gasteiger partial charge in [-0.05, 0) is 37.2 Å². The first-order valence-corrected chi connectivity index (χ1v) is 10.4. The third kappa shape index (κ3) is 3.52. The first-order valence-electron chi connectivity index (χ1n) is 10.4. The van der Waals surface area contributed by atoms with E-state index in [4.69, 9.17) is 4.74 Å². The zero-order chi connectivity index (χ0) is 20.7. The van der Waals surface area contributed by atoms with Gasteiger partial charge in [-0.25, -0.2) is 0 Å². The van der Waals surface area contributed by atoms with Crippen LogP contribution < -0.4 is 4.74 Å². The molecule has 1 aliphatic carbocycles. The second-order valence-electron chi connectivity index (χ2n) is 8.66. The summed E-state index contributed by atoms with van der Waals surface area (Å²) in [4.78, 5) is 13.0. The monoisotopic (exact) mass is 392 g/mol. The van der Waals surface area contributed by atoms with E-state index < -0.39 is 6.10 Å². The minimum atomic E-state index is -0.416. The van der Waals surface area contributed by atoms with Crippen LogP contribution in [-0.4, -0.2) is 16.0 Å². The smallest absolute Gasteiger partial charge is 0.174 e. The number of Topliss-reactive ketones (excluding diaryl/α,β-unsaturated/α-hetero) is 1. The number of carbonyl (C=O) groups excluding carboxylic acids is 1. The molecular formula is C25H28O4. The number of fused-ring (bicyclic) bond motifs is 1. The van der Waals surface area contributed by atoms with Gasteiger partial charge in [-0.1, -0.05) is 55.8 Å². The van der Waals surface area contributed by atoms with Gasteiger partial charge in [0.2, 0.25) is 0 Å². The highest BCUT2D eigenvalue weighted by molar-refractivity contribution is 6.03. The second-order valence-corrected chi connectivity index (χ2v) is 8.66. The van der Waals surface area contributed by atoms with E-state index >= 15 is 0 Å². The summed E-state index contributed by atoms with van der Waals surface area (Å²) in [5.74, 6) is 0.540. The summed E-state index contributed by atoms with van der Waals surface area (Å²) in [7, 11) is 0. The van der Waals surface area contributed by atoms with Crippen LogP contribution in [0, 0.1) is 11.8 Å². The van der Waals surface area contributed by atoms with Gasteiger partial charge in [-0.3, -0.25) is 4.79 Å². The fraction of sp³-hybridized carbons (Fsp3) is 0.400. The van der Waals surface area contributed by atoms with Crippen LogP contribution in [0.3, 0.4) is 0 Å². The van der Waals surface area contributed by atoms with E-state index in [0.717, 1.165) is 18.4 Å². The fourth-order valence-electron chi connectivity index (χ4n) is 4.79. The third-order valence-electron chi connectivity index (χ3n) is 6.36. The van der Waals surface area contributed by atoms with Gasteiger partial charge in [0.25, 0.3) is 0 Å². The Balaban J connectivity index is 1.78. The molecule has 2 N–H and O–H groups in total. The first-order chi connectivity index (χ1) is 13.9. The van der Waals surface area contributed by atoms with Gasteiger partial charge in [-0.2, -0.15) is 0 Å². The normalized spacial score (nSPS) is 24.1. The molecule has 4 nitrogen and oxygen atoms in total. The summed E-state index contributed by atoms with van der Waals surface area (Å²) in [6.45, 7) is 6.41. The molecule has 0 unspecified atom stereocenters. The average Bonchev–Trinajstić information content (AvgIpc) is 2.68. The molecule has 0 saturated carbocycles. The van der Waals surface area contributed by atoms with Crippen LogP contribution in [0.15, 0.2) is 48.0 Å². The molecule has 1 aliphatic heterocycles. The highest BCUT2D eigenvalue weighted by Crippen LogP contribution is 2.51. The molecule has 152 valence electrons. The molecule has 2 aromatic carbocycles. The number of phenols is 2. The Morgan fingerprint density at radius 3 is 2.55 bits per heavy atom. The molecule has 0 amide bonds. The van der Waals surface area contributed by atoms with Gasteiger partial charge in [0.1, 0.15) is 28.9 Å². The lowest BCUT2D eigenvalue weighted by Gasteiger charge is -2.35. The summed E-state index contributed by atoms with van der Waals surface area (Å²) in [6, 6.07) is 11.1. The highest BCUT2D eigenvalue weighted by atomic mass is 16.5. The average molecular weight is 392 g/mol. The maximum atomic E-state index is 13.0. The van der Waals surface area contributed by atoms with Crippen molar-refractivity contribution < 1.29 is 19.7 Å². The van der Waals surface area contributed by atoms with Gasteiger partial charge >= 0.3 is 0 Å². The lowest BCUT2D eigenvalue weighted by atomic mass is 9.71. The van der Waals surface area contributed by atoms with Crippen LogP contribution >= 0.6 is 0 Å². The number of hydrogen-bond acceptors (Lipinski definition) is 4.